The lowest BCUT2D eigenvalue weighted by molar-refractivity contribution is 0.959. The predicted molar refractivity (Wildman–Crippen MR) is 58.8 cm³/mol. The van der Waals surface area contributed by atoms with E-state index in [0.717, 1.165) is 0 Å². The van der Waals surface area contributed by atoms with Crippen molar-refractivity contribution < 1.29 is 0 Å². The van der Waals surface area contributed by atoms with Gasteiger partial charge in [0, 0.05) is 18.6 Å². The van der Waals surface area contributed by atoms with Crippen molar-refractivity contribution in [3.05, 3.63) is 40.0 Å². The molecule has 2 rings (SSSR count). The third kappa shape index (κ3) is 1.87. The first-order chi connectivity index (χ1) is 7.22. The van der Waals surface area contributed by atoms with E-state index in [9.17, 15) is 0 Å². The quantitative estimate of drug-likeness (QED) is 0.808. The molecule has 0 N–H and O–H groups in total. The molecule has 0 aromatic carbocycles. The lowest BCUT2D eigenvalue weighted by Gasteiger charge is -2.04. The van der Waals surface area contributed by atoms with Gasteiger partial charge >= 0.3 is 0 Å². The second kappa shape index (κ2) is 4.01. The molecule has 0 bridgehead atoms. The molecule has 2 aromatic heterocycles. The van der Waals surface area contributed by atoms with Crippen LogP contribution in [-0.4, -0.2) is 14.5 Å². The Morgan fingerprint density at radius 1 is 1.47 bits per heavy atom. The normalized spacial score (nSPS) is 9.93. The van der Waals surface area contributed by atoms with Gasteiger partial charge in [-0.25, -0.2) is 9.97 Å². The lowest BCUT2D eigenvalue weighted by atomic mass is 10.4. The van der Waals surface area contributed by atoms with Gasteiger partial charge in [0.25, 0.3) is 0 Å². The zero-order valence-corrected chi connectivity index (χ0v) is 9.70. The average Bonchev–Trinajstić information content (AvgIpc) is 2.65. The molecule has 0 fully saturated rings. The number of imidazole rings is 1. The zero-order valence-electron chi connectivity index (χ0n) is 7.35. The summed E-state index contributed by atoms with van der Waals surface area (Å²) in [5.41, 5.74) is 0. The molecule has 74 valence electrons. The maximum absolute atomic E-state index is 8.81. The summed E-state index contributed by atoms with van der Waals surface area (Å²) < 4.78 is 2.30. The molecule has 0 aliphatic carbocycles. The molecule has 0 atom stereocenters. The van der Waals surface area contributed by atoms with Gasteiger partial charge in [-0.2, -0.15) is 5.26 Å². The Morgan fingerprint density at radius 3 is 2.93 bits per heavy atom. The van der Waals surface area contributed by atoms with Crippen molar-refractivity contribution in [2.45, 2.75) is 0 Å². The summed E-state index contributed by atoms with van der Waals surface area (Å²) in [6.45, 7) is 0. The minimum atomic E-state index is 0.283. The monoisotopic (exact) mass is 282 g/mol. The van der Waals surface area contributed by atoms with E-state index in [0.29, 0.717) is 15.3 Å². The molecule has 0 aliphatic heterocycles. The van der Waals surface area contributed by atoms with Crippen LogP contribution in [0.3, 0.4) is 0 Å². The Hall–Kier alpha value is -1.38. The van der Waals surface area contributed by atoms with Crippen molar-refractivity contribution in [3.63, 3.8) is 0 Å². The molecule has 0 unspecified atom stereocenters. The number of hydrogen-bond donors (Lipinski definition) is 0. The van der Waals surface area contributed by atoms with Gasteiger partial charge in [-0.1, -0.05) is 11.6 Å². The molecule has 15 heavy (non-hydrogen) atoms. The molecule has 2 aromatic rings. The Morgan fingerprint density at radius 2 is 2.27 bits per heavy atom. The van der Waals surface area contributed by atoms with E-state index in [1.807, 2.05) is 6.07 Å². The molecule has 0 spiro atoms. The number of aromatic nitrogens is 3. The van der Waals surface area contributed by atoms with Crippen LogP contribution in [0.4, 0.5) is 0 Å². The highest BCUT2D eigenvalue weighted by Crippen LogP contribution is 2.22. The zero-order chi connectivity index (χ0) is 10.8. The topological polar surface area (TPSA) is 54.5 Å². The molecular weight excluding hydrogens is 279 g/mol. The maximum Gasteiger partial charge on any atom is 0.218 e. The molecular formula is C9H4BrClN4. The van der Waals surface area contributed by atoms with Crippen LogP contribution in [0.5, 0.6) is 0 Å². The molecule has 0 amide bonds. The molecule has 2 heterocycles. The van der Waals surface area contributed by atoms with Crippen LogP contribution < -0.4 is 0 Å². The Kier molecular flexibility index (Phi) is 2.71. The fourth-order valence-electron chi connectivity index (χ4n) is 1.14. The Balaban J connectivity index is 2.60. The second-order valence-corrected chi connectivity index (χ2v) is 3.98. The SMILES string of the molecule is N#Cc1nccn1-c1ncc(Cl)cc1Br. The molecule has 0 aliphatic rings. The van der Waals surface area contributed by atoms with Crippen LogP contribution in [0.2, 0.25) is 5.02 Å². The van der Waals surface area contributed by atoms with E-state index in [4.69, 9.17) is 16.9 Å². The lowest BCUT2D eigenvalue weighted by Crippen LogP contribution is -2.00. The molecule has 0 saturated carbocycles. The van der Waals surface area contributed by atoms with Crippen LogP contribution in [0, 0.1) is 11.3 Å². The summed E-state index contributed by atoms with van der Waals surface area (Å²) in [7, 11) is 0. The fourth-order valence-corrected chi connectivity index (χ4v) is 1.97. The summed E-state index contributed by atoms with van der Waals surface area (Å²) in [6, 6.07) is 3.69. The second-order valence-electron chi connectivity index (χ2n) is 2.69. The first-order valence-electron chi connectivity index (χ1n) is 3.97. The molecule has 0 saturated heterocycles. The van der Waals surface area contributed by atoms with Gasteiger partial charge in [0.05, 0.1) is 9.50 Å². The average molecular weight is 284 g/mol. The predicted octanol–water partition coefficient (Wildman–Crippen LogP) is 2.55. The summed E-state index contributed by atoms with van der Waals surface area (Å²) in [6.07, 6.45) is 4.73. The molecule has 6 heteroatoms. The van der Waals surface area contributed by atoms with E-state index in [2.05, 4.69) is 25.9 Å². The van der Waals surface area contributed by atoms with Gasteiger partial charge in [-0.05, 0) is 22.0 Å². The maximum atomic E-state index is 8.81. The van der Waals surface area contributed by atoms with Gasteiger partial charge in [0.1, 0.15) is 6.07 Å². The van der Waals surface area contributed by atoms with E-state index in [1.165, 1.54) is 6.20 Å². The first-order valence-corrected chi connectivity index (χ1v) is 5.14. The molecule has 0 radical (unpaired) electrons. The number of nitriles is 1. The van der Waals surface area contributed by atoms with Gasteiger partial charge < -0.3 is 0 Å². The smallest absolute Gasteiger partial charge is 0.218 e. The standard InChI is InChI=1S/C9H4BrClN4/c10-7-3-6(11)5-14-9(7)15-2-1-13-8(15)4-12/h1-3,5H. The number of pyridine rings is 1. The molecule has 4 nitrogen and oxygen atoms in total. The number of halogens is 2. The number of hydrogen-bond acceptors (Lipinski definition) is 3. The van der Waals surface area contributed by atoms with Crippen molar-refractivity contribution >= 4 is 27.5 Å². The number of nitrogens with zero attached hydrogens (tertiary/aromatic N) is 4. The largest absolute Gasteiger partial charge is 0.274 e. The van der Waals surface area contributed by atoms with Gasteiger partial charge in [0.2, 0.25) is 5.82 Å². The highest BCUT2D eigenvalue weighted by Gasteiger charge is 2.08. The fraction of sp³-hybridized carbons (Fsp3) is 0. The van der Waals surface area contributed by atoms with Crippen LogP contribution >= 0.6 is 27.5 Å². The summed E-state index contributed by atoms with van der Waals surface area (Å²) in [5.74, 6) is 0.874. The van der Waals surface area contributed by atoms with Gasteiger partial charge in [-0.15, -0.1) is 0 Å². The van der Waals surface area contributed by atoms with E-state index >= 15 is 0 Å². The van der Waals surface area contributed by atoms with E-state index in [-0.39, 0.29) is 5.82 Å². The minimum Gasteiger partial charge on any atom is -0.274 e. The van der Waals surface area contributed by atoms with Crippen LogP contribution in [0.1, 0.15) is 5.82 Å². The van der Waals surface area contributed by atoms with Crippen LogP contribution in [0.15, 0.2) is 29.1 Å². The third-order valence-electron chi connectivity index (χ3n) is 1.76. The highest BCUT2D eigenvalue weighted by molar-refractivity contribution is 9.10. The van der Waals surface area contributed by atoms with Gasteiger partial charge in [-0.3, -0.25) is 4.57 Å². The van der Waals surface area contributed by atoms with Crippen LogP contribution in [0.25, 0.3) is 5.82 Å². The third-order valence-corrected chi connectivity index (χ3v) is 2.55. The van der Waals surface area contributed by atoms with Crippen LogP contribution in [-0.2, 0) is 0 Å². The summed E-state index contributed by atoms with van der Waals surface area (Å²) >= 11 is 9.10. The van der Waals surface area contributed by atoms with Crippen molar-refractivity contribution in [2.75, 3.05) is 0 Å². The highest BCUT2D eigenvalue weighted by atomic mass is 79.9. The Labute approximate surface area is 99.3 Å². The first kappa shape index (κ1) is 10.1. The van der Waals surface area contributed by atoms with Crippen molar-refractivity contribution in [1.29, 1.82) is 5.26 Å². The van der Waals surface area contributed by atoms with Crippen molar-refractivity contribution in [3.8, 4) is 11.9 Å². The minimum absolute atomic E-state index is 0.283. The van der Waals surface area contributed by atoms with Gasteiger partial charge in [0.15, 0.2) is 5.82 Å². The summed E-state index contributed by atoms with van der Waals surface area (Å²) in [5, 5.41) is 9.34. The summed E-state index contributed by atoms with van der Waals surface area (Å²) in [4.78, 5) is 8.00. The number of rotatable bonds is 1. The Bertz CT molecular complexity index is 543. The van der Waals surface area contributed by atoms with Crippen molar-refractivity contribution in [1.82, 2.24) is 14.5 Å². The van der Waals surface area contributed by atoms with Crippen molar-refractivity contribution in [2.24, 2.45) is 0 Å². The van der Waals surface area contributed by atoms with E-state index in [1.54, 1.807) is 23.0 Å². The van der Waals surface area contributed by atoms with E-state index < -0.39 is 0 Å².